The first kappa shape index (κ1) is 27.0. The van der Waals surface area contributed by atoms with Crippen molar-refractivity contribution in [2.75, 3.05) is 43.1 Å². The molecular formula is C29H31F2N7O3. The van der Waals surface area contributed by atoms with E-state index in [0.717, 1.165) is 11.1 Å². The summed E-state index contributed by atoms with van der Waals surface area (Å²) in [5.74, 6) is 0.222. The van der Waals surface area contributed by atoms with Crippen molar-refractivity contribution >= 4 is 28.7 Å². The van der Waals surface area contributed by atoms with Gasteiger partial charge in [-0.15, -0.1) is 0 Å². The molecule has 2 aliphatic heterocycles. The first-order valence-electron chi connectivity index (χ1n) is 13.6. The molecule has 1 fully saturated rings. The quantitative estimate of drug-likeness (QED) is 0.353. The van der Waals surface area contributed by atoms with E-state index in [2.05, 4.69) is 20.3 Å². The van der Waals surface area contributed by atoms with Crippen molar-refractivity contribution in [1.29, 1.82) is 0 Å². The second-order valence-electron chi connectivity index (χ2n) is 10.2. The van der Waals surface area contributed by atoms with Crippen LogP contribution >= 0.6 is 0 Å². The summed E-state index contributed by atoms with van der Waals surface area (Å²) in [7, 11) is 0. The first-order chi connectivity index (χ1) is 19.9. The van der Waals surface area contributed by atoms with Crippen LogP contribution in [0.1, 0.15) is 30.3 Å². The summed E-state index contributed by atoms with van der Waals surface area (Å²) in [5.41, 5.74) is 3.07. The molecular weight excluding hydrogens is 532 g/mol. The number of aliphatic hydroxyl groups excluding tert-OH is 1. The Hall–Kier alpha value is -4.16. The molecule has 2 aliphatic rings. The number of morpholine rings is 1. The molecule has 1 saturated heterocycles. The number of amides is 1. The zero-order valence-electron chi connectivity index (χ0n) is 22.6. The van der Waals surface area contributed by atoms with Crippen LogP contribution in [-0.2, 0) is 22.5 Å². The lowest BCUT2D eigenvalue weighted by Crippen LogP contribution is -2.51. The third-order valence-electron chi connectivity index (χ3n) is 7.61. The molecule has 6 rings (SSSR count). The average Bonchev–Trinajstić information content (AvgIpc) is 3.40. The molecule has 214 valence electrons. The lowest BCUT2D eigenvalue weighted by atomic mass is 9.94. The van der Waals surface area contributed by atoms with Crippen LogP contribution in [0.25, 0.3) is 16.9 Å². The zero-order chi connectivity index (χ0) is 28.5. The molecule has 4 aromatic rings. The molecule has 4 heterocycles. The predicted octanol–water partition coefficient (Wildman–Crippen LogP) is 3.34. The van der Waals surface area contributed by atoms with Gasteiger partial charge < -0.3 is 25.0 Å². The Kier molecular flexibility index (Phi) is 7.50. The van der Waals surface area contributed by atoms with Crippen molar-refractivity contribution in [3.8, 4) is 5.82 Å². The van der Waals surface area contributed by atoms with Gasteiger partial charge in [-0.05, 0) is 36.6 Å². The van der Waals surface area contributed by atoms with E-state index in [0.29, 0.717) is 56.1 Å². The number of carbonyl (C=O) groups is 1. The molecule has 2 N–H and O–H groups in total. The Balaban J connectivity index is 1.35. The Morgan fingerprint density at radius 1 is 1.05 bits per heavy atom. The lowest BCUT2D eigenvalue weighted by Gasteiger charge is -2.37. The molecule has 0 unspecified atom stereocenters. The number of aliphatic hydroxyl groups is 1. The Morgan fingerprint density at radius 2 is 1.76 bits per heavy atom. The Labute approximate surface area is 235 Å². The number of nitrogens with zero attached hydrogens (tertiary/aromatic N) is 6. The van der Waals surface area contributed by atoms with Crippen LogP contribution in [0.5, 0.6) is 0 Å². The van der Waals surface area contributed by atoms with Crippen molar-refractivity contribution in [3.05, 3.63) is 71.5 Å². The standard InChI is InChI=1S/C29H31F2N7O3/c1-18(28(40)37-16-20-7-3-2-6-19(20)14-21(37)17-39)32-29-34-24(36-10-12-41-13-11-36)15-25(35-29)38-23-9-5-4-8-22(23)33-27(38)26(30)31/h2-9,15,18,21,26,39H,10-14,16-17H2,1H3,(H,32,34,35)/t18-,21-/m0/s1. The number of hydrogen-bond acceptors (Lipinski definition) is 8. The van der Waals surface area contributed by atoms with Crippen LogP contribution in [-0.4, -0.2) is 80.4 Å². The molecule has 12 heteroatoms. The minimum atomic E-state index is -2.83. The van der Waals surface area contributed by atoms with Crippen molar-refractivity contribution < 1.29 is 23.4 Å². The number of halogens is 2. The van der Waals surface area contributed by atoms with Crippen LogP contribution in [0, 0.1) is 0 Å². The number of ether oxygens (including phenoxy) is 1. The van der Waals surface area contributed by atoms with Gasteiger partial charge in [0.2, 0.25) is 11.9 Å². The first-order valence-corrected chi connectivity index (χ1v) is 13.6. The van der Waals surface area contributed by atoms with Crippen LogP contribution in [0.2, 0.25) is 0 Å². The molecule has 0 bridgehead atoms. The van der Waals surface area contributed by atoms with Crippen molar-refractivity contribution in [3.63, 3.8) is 0 Å². The molecule has 0 radical (unpaired) electrons. The summed E-state index contributed by atoms with van der Waals surface area (Å²) >= 11 is 0. The molecule has 10 nitrogen and oxygen atoms in total. The third-order valence-corrected chi connectivity index (χ3v) is 7.61. The molecule has 2 aromatic carbocycles. The molecule has 2 aromatic heterocycles. The molecule has 0 spiro atoms. The van der Waals surface area contributed by atoms with Crippen LogP contribution in [0.3, 0.4) is 0 Å². The molecule has 2 atom stereocenters. The third kappa shape index (κ3) is 5.32. The average molecular weight is 564 g/mol. The highest BCUT2D eigenvalue weighted by Gasteiger charge is 2.32. The van der Waals surface area contributed by atoms with E-state index in [1.807, 2.05) is 29.2 Å². The maximum absolute atomic E-state index is 14.2. The van der Waals surface area contributed by atoms with Gasteiger partial charge in [0.1, 0.15) is 17.7 Å². The summed E-state index contributed by atoms with van der Waals surface area (Å²) in [6, 6.07) is 15.3. The van der Waals surface area contributed by atoms with E-state index >= 15 is 0 Å². The van der Waals surface area contributed by atoms with Gasteiger partial charge >= 0.3 is 0 Å². The van der Waals surface area contributed by atoms with Gasteiger partial charge in [-0.3, -0.25) is 9.36 Å². The van der Waals surface area contributed by atoms with Crippen molar-refractivity contribution in [2.45, 2.75) is 38.4 Å². The molecule has 41 heavy (non-hydrogen) atoms. The zero-order valence-corrected chi connectivity index (χ0v) is 22.6. The smallest absolute Gasteiger partial charge is 0.296 e. The molecule has 0 saturated carbocycles. The minimum absolute atomic E-state index is 0.126. The number of rotatable bonds is 7. The van der Waals surface area contributed by atoms with Crippen molar-refractivity contribution in [1.82, 2.24) is 24.4 Å². The van der Waals surface area contributed by atoms with Gasteiger partial charge in [-0.1, -0.05) is 36.4 Å². The summed E-state index contributed by atoms with van der Waals surface area (Å²) in [6.45, 7) is 4.08. The highest BCUT2D eigenvalue weighted by atomic mass is 19.3. The topological polar surface area (TPSA) is 109 Å². The van der Waals surface area contributed by atoms with Gasteiger partial charge in [-0.2, -0.15) is 9.97 Å². The van der Waals surface area contributed by atoms with Gasteiger partial charge in [0.15, 0.2) is 5.82 Å². The number of carbonyl (C=O) groups excluding carboxylic acids is 1. The van der Waals surface area contributed by atoms with Gasteiger partial charge in [0.25, 0.3) is 6.43 Å². The van der Waals surface area contributed by atoms with E-state index in [4.69, 9.17) is 4.74 Å². The largest absolute Gasteiger partial charge is 0.394 e. The fourth-order valence-corrected chi connectivity index (χ4v) is 5.50. The number of alkyl halides is 2. The fraction of sp³-hybridized carbons (Fsp3) is 0.379. The van der Waals surface area contributed by atoms with Crippen molar-refractivity contribution in [2.24, 2.45) is 0 Å². The van der Waals surface area contributed by atoms with E-state index in [-0.39, 0.29) is 30.3 Å². The number of imidazole rings is 1. The summed E-state index contributed by atoms with van der Waals surface area (Å²) in [6.07, 6.45) is -2.28. The second-order valence-corrected chi connectivity index (χ2v) is 10.2. The van der Waals surface area contributed by atoms with Crippen LogP contribution in [0.4, 0.5) is 20.5 Å². The molecule has 1 amide bonds. The Bertz CT molecular complexity index is 1560. The van der Waals surface area contributed by atoms with Crippen LogP contribution in [0.15, 0.2) is 54.6 Å². The highest BCUT2D eigenvalue weighted by Crippen LogP contribution is 2.30. The maximum atomic E-state index is 14.2. The van der Waals surface area contributed by atoms with Gasteiger partial charge in [-0.25, -0.2) is 13.8 Å². The number of fused-ring (bicyclic) bond motifs is 2. The number of aromatic nitrogens is 4. The summed E-state index contributed by atoms with van der Waals surface area (Å²) in [5, 5.41) is 13.2. The SMILES string of the molecule is C[C@H](Nc1nc(N2CCOCC2)cc(-n2c(C(F)F)nc3ccccc32)n1)C(=O)N1Cc2ccccc2C[C@H]1CO. The number of anilines is 2. The predicted molar refractivity (Wildman–Crippen MR) is 149 cm³/mol. The second kappa shape index (κ2) is 11.4. The lowest BCUT2D eigenvalue weighted by molar-refractivity contribution is -0.136. The monoisotopic (exact) mass is 563 g/mol. The number of hydrogen-bond donors (Lipinski definition) is 2. The minimum Gasteiger partial charge on any atom is -0.394 e. The summed E-state index contributed by atoms with van der Waals surface area (Å²) < 4.78 is 35.2. The number of nitrogens with one attached hydrogen (secondary N) is 1. The van der Waals surface area contributed by atoms with Gasteiger partial charge in [0.05, 0.1) is 36.9 Å². The summed E-state index contributed by atoms with van der Waals surface area (Å²) in [4.78, 5) is 30.8. The van der Waals surface area contributed by atoms with E-state index in [9.17, 15) is 18.7 Å². The Morgan fingerprint density at radius 3 is 2.51 bits per heavy atom. The van der Waals surface area contributed by atoms with Gasteiger partial charge in [0, 0.05) is 25.7 Å². The van der Waals surface area contributed by atoms with Crippen LogP contribution < -0.4 is 10.2 Å². The maximum Gasteiger partial charge on any atom is 0.296 e. The highest BCUT2D eigenvalue weighted by molar-refractivity contribution is 5.84. The fourth-order valence-electron chi connectivity index (χ4n) is 5.50. The normalized spacial score (nSPS) is 18.0. The molecule has 0 aliphatic carbocycles. The number of para-hydroxylation sites is 2. The van der Waals surface area contributed by atoms with E-state index in [1.165, 1.54) is 4.57 Å². The van der Waals surface area contributed by atoms with E-state index < -0.39 is 18.3 Å². The number of benzene rings is 2. The van der Waals surface area contributed by atoms with E-state index in [1.54, 1.807) is 42.2 Å².